The van der Waals surface area contributed by atoms with E-state index >= 15 is 0 Å². The highest BCUT2D eigenvalue weighted by Crippen LogP contribution is 2.30. The Labute approximate surface area is 206 Å². The second-order valence-corrected chi connectivity index (χ2v) is 8.88. The first-order valence-electron chi connectivity index (χ1n) is 11.7. The summed E-state index contributed by atoms with van der Waals surface area (Å²) in [4.78, 5) is 41.5. The summed E-state index contributed by atoms with van der Waals surface area (Å²) in [7, 11) is 2.07. The third-order valence-corrected chi connectivity index (χ3v) is 6.58. The minimum absolute atomic E-state index is 0.00502. The SMILES string of the molecule is CN1CCN(C(=O)c2cnn3ccc(-c4c[nH]c5nc(NC(=O)c6ccncc6)ccc45)cc23)CC1. The number of nitrogens with zero attached hydrogens (tertiary/aromatic N) is 6. The van der Waals surface area contributed by atoms with Crippen molar-refractivity contribution in [3.63, 3.8) is 0 Å². The molecule has 2 N–H and O–H groups in total. The second kappa shape index (κ2) is 8.90. The van der Waals surface area contributed by atoms with Gasteiger partial charge in [-0.15, -0.1) is 0 Å². The Morgan fingerprint density at radius 3 is 2.64 bits per heavy atom. The Kier molecular flexibility index (Phi) is 5.42. The van der Waals surface area contributed by atoms with Crippen molar-refractivity contribution >= 4 is 34.2 Å². The Morgan fingerprint density at radius 2 is 1.83 bits per heavy atom. The van der Waals surface area contributed by atoms with Gasteiger partial charge in [0.1, 0.15) is 11.5 Å². The van der Waals surface area contributed by atoms with Gasteiger partial charge in [-0.25, -0.2) is 9.50 Å². The fourth-order valence-electron chi connectivity index (χ4n) is 4.50. The topological polar surface area (TPSA) is 112 Å². The lowest BCUT2D eigenvalue weighted by atomic mass is 10.1. The van der Waals surface area contributed by atoms with Gasteiger partial charge in [0.25, 0.3) is 11.8 Å². The lowest BCUT2D eigenvalue weighted by molar-refractivity contribution is 0.0666. The third-order valence-electron chi connectivity index (χ3n) is 6.58. The number of nitrogens with one attached hydrogen (secondary N) is 2. The van der Waals surface area contributed by atoms with E-state index in [-0.39, 0.29) is 11.8 Å². The molecule has 1 aliphatic heterocycles. The van der Waals surface area contributed by atoms with Gasteiger partial charge in [0, 0.05) is 67.5 Å². The zero-order valence-corrected chi connectivity index (χ0v) is 19.7. The lowest BCUT2D eigenvalue weighted by Gasteiger charge is -2.32. The molecule has 180 valence electrons. The van der Waals surface area contributed by atoms with Crippen LogP contribution in [-0.4, -0.2) is 79.4 Å². The highest BCUT2D eigenvalue weighted by Gasteiger charge is 2.23. The molecule has 2 amide bonds. The maximum absolute atomic E-state index is 13.2. The van der Waals surface area contributed by atoms with E-state index in [1.165, 1.54) is 0 Å². The number of likely N-dealkylation sites (N-methyl/N-ethyl adjacent to an activating group) is 1. The van der Waals surface area contributed by atoms with Crippen LogP contribution in [0.3, 0.4) is 0 Å². The van der Waals surface area contributed by atoms with Crippen LogP contribution >= 0.6 is 0 Å². The van der Waals surface area contributed by atoms with E-state index in [1.807, 2.05) is 35.5 Å². The summed E-state index contributed by atoms with van der Waals surface area (Å²) in [6.07, 6.45) is 8.54. The van der Waals surface area contributed by atoms with Crippen molar-refractivity contribution < 1.29 is 9.59 Å². The molecule has 0 atom stereocenters. The monoisotopic (exact) mass is 480 g/mol. The summed E-state index contributed by atoms with van der Waals surface area (Å²) < 4.78 is 1.73. The number of piperazine rings is 1. The van der Waals surface area contributed by atoms with Gasteiger partial charge in [-0.3, -0.25) is 14.6 Å². The summed E-state index contributed by atoms with van der Waals surface area (Å²) in [6.45, 7) is 3.15. The van der Waals surface area contributed by atoms with Crippen LogP contribution in [0.2, 0.25) is 0 Å². The zero-order valence-electron chi connectivity index (χ0n) is 19.7. The van der Waals surface area contributed by atoms with Gasteiger partial charge in [0.05, 0.1) is 17.3 Å². The van der Waals surface area contributed by atoms with Crippen molar-refractivity contribution in [2.45, 2.75) is 0 Å². The smallest absolute Gasteiger partial charge is 0.257 e. The minimum Gasteiger partial charge on any atom is -0.345 e. The van der Waals surface area contributed by atoms with Crippen LogP contribution < -0.4 is 5.32 Å². The number of fused-ring (bicyclic) bond motifs is 2. The molecular formula is C26H24N8O2. The molecular weight excluding hydrogens is 456 g/mol. The van der Waals surface area contributed by atoms with E-state index in [2.05, 4.69) is 37.3 Å². The third kappa shape index (κ3) is 3.97. The standard InChI is InChI=1S/C26H24N8O2/c1-32-10-12-33(13-11-32)26(36)21-16-29-34-9-6-18(14-22(21)34)20-15-28-24-19(20)2-3-23(30-24)31-25(35)17-4-7-27-8-5-17/h2-9,14-16H,10-13H2,1H3,(H2,28,30,31,35). The summed E-state index contributed by atoms with van der Waals surface area (Å²) >= 11 is 0. The van der Waals surface area contributed by atoms with Crippen LogP contribution in [0.15, 0.2) is 67.4 Å². The largest absolute Gasteiger partial charge is 0.345 e. The predicted octanol–water partition coefficient (Wildman–Crippen LogP) is 2.91. The van der Waals surface area contributed by atoms with Gasteiger partial charge in [-0.05, 0) is 49.0 Å². The van der Waals surface area contributed by atoms with Crippen molar-refractivity contribution in [1.82, 2.24) is 34.4 Å². The number of H-pyrrole nitrogens is 1. The Bertz CT molecular complexity index is 1580. The van der Waals surface area contributed by atoms with Crippen LogP contribution in [-0.2, 0) is 0 Å². The number of carbonyl (C=O) groups is 2. The Balaban J connectivity index is 1.29. The number of anilines is 1. The first-order chi connectivity index (χ1) is 17.6. The molecule has 10 heteroatoms. The van der Waals surface area contributed by atoms with Gasteiger partial charge < -0.3 is 20.1 Å². The average Bonchev–Trinajstić information content (AvgIpc) is 3.53. The molecule has 6 heterocycles. The van der Waals surface area contributed by atoms with Gasteiger partial charge in [0.15, 0.2) is 0 Å². The van der Waals surface area contributed by atoms with E-state index in [9.17, 15) is 9.59 Å². The lowest BCUT2D eigenvalue weighted by Crippen LogP contribution is -2.47. The molecule has 1 saturated heterocycles. The molecule has 10 nitrogen and oxygen atoms in total. The summed E-state index contributed by atoms with van der Waals surface area (Å²) in [5.41, 5.74) is 4.42. The van der Waals surface area contributed by atoms with Crippen LogP contribution in [0.4, 0.5) is 5.82 Å². The molecule has 6 rings (SSSR count). The number of aromatic amines is 1. The second-order valence-electron chi connectivity index (χ2n) is 8.88. The molecule has 0 aliphatic carbocycles. The number of hydrogen-bond donors (Lipinski definition) is 2. The number of carbonyl (C=O) groups excluding carboxylic acids is 2. The molecule has 0 bridgehead atoms. The molecule has 0 saturated carbocycles. The number of aromatic nitrogens is 5. The van der Waals surface area contributed by atoms with Gasteiger partial charge in [-0.2, -0.15) is 5.10 Å². The zero-order chi connectivity index (χ0) is 24.6. The predicted molar refractivity (Wildman–Crippen MR) is 136 cm³/mol. The van der Waals surface area contributed by atoms with Crippen LogP contribution in [0.5, 0.6) is 0 Å². The summed E-state index contributed by atoms with van der Waals surface area (Å²) in [6, 6.07) is 10.9. The first-order valence-corrected chi connectivity index (χ1v) is 11.7. The Hall–Kier alpha value is -4.57. The number of amides is 2. The van der Waals surface area contributed by atoms with E-state index in [0.29, 0.717) is 35.7 Å². The maximum Gasteiger partial charge on any atom is 0.257 e. The van der Waals surface area contributed by atoms with E-state index in [0.717, 1.165) is 35.1 Å². The molecule has 5 aromatic rings. The van der Waals surface area contributed by atoms with Crippen molar-refractivity contribution in [3.05, 3.63) is 78.5 Å². The fraction of sp³-hybridized carbons (Fsp3) is 0.192. The van der Waals surface area contributed by atoms with Crippen molar-refractivity contribution in [3.8, 4) is 11.1 Å². The number of hydrogen-bond acceptors (Lipinski definition) is 6. The molecule has 1 fully saturated rings. The molecule has 0 spiro atoms. The minimum atomic E-state index is -0.250. The van der Waals surface area contributed by atoms with E-state index in [1.54, 1.807) is 41.3 Å². The molecule has 5 aromatic heterocycles. The van der Waals surface area contributed by atoms with Gasteiger partial charge >= 0.3 is 0 Å². The summed E-state index contributed by atoms with van der Waals surface area (Å²) in [5.74, 6) is 0.203. The van der Waals surface area contributed by atoms with Crippen LogP contribution in [0.1, 0.15) is 20.7 Å². The van der Waals surface area contributed by atoms with Crippen molar-refractivity contribution in [2.24, 2.45) is 0 Å². The summed E-state index contributed by atoms with van der Waals surface area (Å²) in [5, 5.41) is 8.12. The Morgan fingerprint density at radius 1 is 1.03 bits per heavy atom. The van der Waals surface area contributed by atoms with E-state index in [4.69, 9.17) is 0 Å². The van der Waals surface area contributed by atoms with Crippen molar-refractivity contribution in [1.29, 1.82) is 0 Å². The molecule has 36 heavy (non-hydrogen) atoms. The van der Waals surface area contributed by atoms with Crippen LogP contribution in [0.25, 0.3) is 27.7 Å². The average molecular weight is 481 g/mol. The fourth-order valence-corrected chi connectivity index (χ4v) is 4.50. The highest BCUT2D eigenvalue weighted by atomic mass is 16.2. The molecule has 1 aliphatic rings. The number of rotatable bonds is 4. The molecule has 0 radical (unpaired) electrons. The number of pyridine rings is 3. The van der Waals surface area contributed by atoms with Gasteiger partial charge in [0.2, 0.25) is 0 Å². The highest BCUT2D eigenvalue weighted by molar-refractivity contribution is 6.05. The normalized spacial score (nSPS) is 14.4. The van der Waals surface area contributed by atoms with Crippen LogP contribution in [0, 0.1) is 0 Å². The van der Waals surface area contributed by atoms with Gasteiger partial charge in [-0.1, -0.05) is 0 Å². The quantitative estimate of drug-likeness (QED) is 0.409. The van der Waals surface area contributed by atoms with E-state index < -0.39 is 0 Å². The maximum atomic E-state index is 13.2. The molecule has 0 aromatic carbocycles. The van der Waals surface area contributed by atoms with Crippen molar-refractivity contribution in [2.75, 3.05) is 38.5 Å². The first kappa shape index (κ1) is 21.9. The molecule has 0 unspecified atom stereocenters.